The third kappa shape index (κ3) is 3.41. The Balaban J connectivity index is 1.85. The van der Waals surface area contributed by atoms with Crippen molar-refractivity contribution in [3.05, 3.63) is 92.7 Å². The van der Waals surface area contributed by atoms with Crippen LogP contribution in [0.1, 0.15) is 21.0 Å². The monoisotopic (exact) mass is 375 g/mol. The highest BCUT2D eigenvalue weighted by Crippen LogP contribution is 2.31. The smallest absolute Gasteiger partial charge is 0.344 e. The van der Waals surface area contributed by atoms with Crippen molar-refractivity contribution in [2.45, 2.75) is 13.5 Å². The predicted octanol–water partition coefficient (Wildman–Crippen LogP) is 4.76. The van der Waals surface area contributed by atoms with Gasteiger partial charge in [-0.2, -0.15) is 0 Å². The summed E-state index contributed by atoms with van der Waals surface area (Å²) in [5, 5.41) is 5.98. The molecule has 0 saturated heterocycles. The third-order valence-electron chi connectivity index (χ3n) is 4.39. The van der Waals surface area contributed by atoms with Crippen molar-refractivity contribution in [2.24, 2.45) is 0 Å². The largest absolute Gasteiger partial charge is 0.416 e. The summed E-state index contributed by atoms with van der Waals surface area (Å²) in [4.78, 5) is 26.3. The Morgan fingerprint density at radius 1 is 1.00 bits per heavy atom. The van der Waals surface area contributed by atoms with Crippen LogP contribution in [0.4, 0.5) is 0 Å². The van der Waals surface area contributed by atoms with Crippen LogP contribution in [0.15, 0.2) is 75.3 Å². The molecular formula is C22H17NO3S. The summed E-state index contributed by atoms with van der Waals surface area (Å²) < 4.78 is 5.47. The highest BCUT2D eigenvalue weighted by Gasteiger charge is 2.21. The molecule has 0 unspecified atom stereocenters. The van der Waals surface area contributed by atoms with Crippen LogP contribution in [0.5, 0.6) is 0 Å². The van der Waals surface area contributed by atoms with Gasteiger partial charge in [0.05, 0.1) is 11.9 Å². The fourth-order valence-electron chi connectivity index (χ4n) is 3.03. The van der Waals surface area contributed by atoms with E-state index < -0.39 is 11.5 Å². The minimum Gasteiger partial charge on any atom is -0.416 e. The number of hydrogen-bond acceptors (Lipinski definition) is 4. The molecule has 0 saturated carbocycles. The van der Waals surface area contributed by atoms with Gasteiger partial charge in [-0.05, 0) is 30.0 Å². The summed E-state index contributed by atoms with van der Waals surface area (Å²) in [6.07, 6.45) is 0. The van der Waals surface area contributed by atoms with Gasteiger partial charge in [-0.3, -0.25) is 4.79 Å². The van der Waals surface area contributed by atoms with Gasteiger partial charge in [0.25, 0.3) is 5.91 Å². The van der Waals surface area contributed by atoms with Gasteiger partial charge in [-0.25, -0.2) is 4.79 Å². The Bertz CT molecular complexity index is 1160. The van der Waals surface area contributed by atoms with Gasteiger partial charge in [0.15, 0.2) is 0 Å². The van der Waals surface area contributed by atoms with E-state index in [9.17, 15) is 9.59 Å². The third-order valence-corrected chi connectivity index (χ3v) is 5.26. The number of benzene rings is 2. The zero-order valence-corrected chi connectivity index (χ0v) is 15.5. The SMILES string of the molecule is Cc1ccc(-c2c(C(=O)NCc3cccs3)oc(=O)c3ccccc23)cc1. The first-order valence-corrected chi connectivity index (χ1v) is 9.45. The number of rotatable bonds is 4. The van der Waals surface area contributed by atoms with E-state index in [4.69, 9.17) is 4.42 Å². The summed E-state index contributed by atoms with van der Waals surface area (Å²) >= 11 is 1.56. The standard InChI is InChI=1S/C22H17NO3S/c1-14-8-10-15(11-9-14)19-17-6-2-3-7-18(17)22(25)26-20(19)21(24)23-13-16-5-4-12-27-16/h2-12H,13H2,1H3,(H,23,24). The average Bonchev–Trinajstić information content (AvgIpc) is 3.21. The normalized spacial score (nSPS) is 10.9. The number of thiophene rings is 1. The molecule has 27 heavy (non-hydrogen) atoms. The number of fused-ring (bicyclic) bond motifs is 1. The molecular weight excluding hydrogens is 358 g/mol. The van der Waals surface area contributed by atoms with Gasteiger partial charge in [0.1, 0.15) is 0 Å². The minimum atomic E-state index is -0.511. The Hall–Kier alpha value is -3.18. The lowest BCUT2D eigenvalue weighted by Gasteiger charge is -2.12. The molecule has 134 valence electrons. The molecule has 2 heterocycles. The molecule has 1 N–H and O–H groups in total. The fraction of sp³-hybridized carbons (Fsp3) is 0.0909. The second-order valence-corrected chi connectivity index (χ2v) is 7.30. The number of hydrogen-bond donors (Lipinski definition) is 1. The molecule has 5 heteroatoms. The van der Waals surface area contributed by atoms with Crippen LogP contribution in [0.3, 0.4) is 0 Å². The molecule has 0 aliphatic heterocycles. The van der Waals surface area contributed by atoms with E-state index in [1.54, 1.807) is 23.5 Å². The van der Waals surface area contributed by atoms with Crippen LogP contribution in [0, 0.1) is 6.92 Å². The lowest BCUT2D eigenvalue weighted by atomic mass is 9.97. The summed E-state index contributed by atoms with van der Waals surface area (Å²) in [6, 6.07) is 18.9. The highest BCUT2D eigenvalue weighted by atomic mass is 32.1. The zero-order chi connectivity index (χ0) is 18.8. The fourth-order valence-corrected chi connectivity index (χ4v) is 3.67. The molecule has 0 atom stereocenters. The first-order valence-electron chi connectivity index (χ1n) is 8.57. The topological polar surface area (TPSA) is 59.3 Å². The Morgan fingerprint density at radius 2 is 1.74 bits per heavy atom. The Kier molecular flexibility index (Phi) is 4.60. The Labute approximate surface area is 160 Å². The zero-order valence-electron chi connectivity index (χ0n) is 14.7. The molecule has 0 radical (unpaired) electrons. The molecule has 0 spiro atoms. The van der Waals surface area contributed by atoms with Crippen molar-refractivity contribution in [1.29, 1.82) is 0 Å². The van der Waals surface area contributed by atoms with E-state index >= 15 is 0 Å². The van der Waals surface area contributed by atoms with Crippen molar-refractivity contribution < 1.29 is 9.21 Å². The van der Waals surface area contributed by atoms with Crippen LogP contribution in [0.2, 0.25) is 0 Å². The number of amides is 1. The number of carbonyl (C=O) groups is 1. The lowest BCUT2D eigenvalue weighted by Crippen LogP contribution is -2.24. The van der Waals surface area contributed by atoms with Crippen molar-refractivity contribution >= 4 is 28.0 Å². The number of aryl methyl sites for hydroxylation is 1. The van der Waals surface area contributed by atoms with Crippen LogP contribution in [-0.4, -0.2) is 5.91 Å². The van der Waals surface area contributed by atoms with E-state index in [2.05, 4.69) is 5.32 Å². The molecule has 0 fully saturated rings. The molecule has 2 aromatic heterocycles. The van der Waals surface area contributed by atoms with Gasteiger partial charge >= 0.3 is 5.63 Å². The van der Waals surface area contributed by atoms with Crippen LogP contribution in [-0.2, 0) is 6.54 Å². The van der Waals surface area contributed by atoms with E-state index in [0.717, 1.165) is 16.0 Å². The quantitative estimate of drug-likeness (QED) is 0.559. The average molecular weight is 375 g/mol. The molecule has 0 aliphatic rings. The van der Waals surface area contributed by atoms with Gasteiger partial charge in [-0.1, -0.05) is 54.1 Å². The Morgan fingerprint density at radius 3 is 2.44 bits per heavy atom. The van der Waals surface area contributed by atoms with Gasteiger partial charge < -0.3 is 9.73 Å². The lowest BCUT2D eigenvalue weighted by molar-refractivity contribution is 0.0921. The maximum atomic E-state index is 12.9. The summed E-state index contributed by atoms with van der Waals surface area (Å²) in [5.41, 5.74) is 2.07. The van der Waals surface area contributed by atoms with Crippen molar-refractivity contribution in [3.63, 3.8) is 0 Å². The van der Waals surface area contributed by atoms with Crippen molar-refractivity contribution in [2.75, 3.05) is 0 Å². The van der Waals surface area contributed by atoms with Gasteiger partial charge in [0, 0.05) is 15.8 Å². The van der Waals surface area contributed by atoms with Crippen LogP contribution < -0.4 is 10.9 Å². The van der Waals surface area contributed by atoms with Gasteiger partial charge in [-0.15, -0.1) is 11.3 Å². The first-order chi connectivity index (χ1) is 13.1. The summed E-state index contributed by atoms with van der Waals surface area (Å²) in [5.74, 6) is -0.360. The van der Waals surface area contributed by atoms with Crippen molar-refractivity contribution in [1.82, 2.24) is 5.32 Å². The molecule has 1 amide bonds. The molecule has 0 bridgehead atoms. The predicted molar refractivity (Wildman–Crippen MR) is 108 cm³/mol. The van der Waals surface area contributed by atoms with Gasteiger partial charge in [0.2, 0.25) is 5.76 Å². The minimum absolute atomic E-state index is 0.0408. The molecule has 4 aromatic rings. The second-order valence-electron chi connectivity index (χ2n) is 6.27. The maximum absolute atomic E-state index is 12.9. The number of nitrogens with one attached hydrogen (secondary N) is 1. The van der Waals surface area contributed by atoms with Crippen LogP contribution in [0.25, 0.3) is 21.9 Å². The maximum Gasteiger partial charge on any atom is 0.344 e. The molecule has 4 rings (SSSR count). The number of carbonyl (C=O) groups excluding carboxylic acids is 1. The first kappa shape index (κ1) is 17.2. The van der Waals surface area contributed by atoms with E-state index in [-0.39, 0.29) is 5.76 Å². The molecule has 0 aliphatic carbocycles. The summed E-state index contributed by atoms with van der Waals surface area (Å²) in [6.45, 7) is 2.39. The van der Waals surface area contributed by atoms with Crippen LogP contribution >= 0.6 is 11.3 Å². The molecule has 4 nitrogen and oxygen atoms in total. The van der Waals surface area contributed by atoms with Crippen molar-refractivity contribution in [3.8, 4) is 11.1 Å². The van der Waals surface area contributed by atoms with E-state index in [0.29, 0.717) is 22.9 Å². The highest BCUT2D eigenvalue weighted by molar-refractivity contribution is 7.09. The second kappa shape index (κ2) is 7.21. The van der Waals surface area contributed by atoms with E-state index in [1.807, 2.05) is 60.8 Å². The molecule has 2 aromatic carbocycles. The summed E-state index contributed by atoms with van der Waals surface area (Å²) in [7, 11) is 0. The van der Waals surface area contributed by atoms with E-state index in [1.165, 1.54) is 0 Å².